The number of furan rings is 2. The molecule has 1 aliphatic heterocycles. The zero-order chi connectivity index (χ0) is 20.5. The van der Waals surface area contributed by atoms with Crippen molar-refractivity contribution in [1.82, 2.24) is 20.4 Å². The fraction of sp³-hybridized carbons (Fsp3) is 0.591. The third kappa shape index (κ3) is 5.64. The van der Waals surface area contributed by atoms with Crippen molar-refractivity contribution in [3.8, 4) is 0 Å². The summed E-state index contributed by atoms with van der Waals surface area (Å²) in [6.45, 7) is 9.99. The first-order valence-corrected chi connectivity index (χ1v) is 10.8. The second-order valence-corrected chi connectivity index (χ2v) is 7.36. The number of hydrogen-bond donors (Lipinski definition) is 2. The molecule has 160 valence electrons. The molecule has 1 fully saturated rings. The molecule has 7 nitrogen and oxygen atoms in total. The highest BCUT2D eigenvalue weighted by Crippen LogP contribution is 2.25. The molecule has 1 aliphatic rings. The van der Waals surface area contributed by atoms with Crippen molar-refractivity contribution >= 4 is 5.96 Å². The fourth-order valence-electron chi connectivity index (χ4n) is 4.11. The van der Waals surface area contributed by atoms with E-state index < -0.39 is 0 Å². The molecule has 2 aromatic heterocycles. The largest absolute Gasteiger partial charge is 0.468 e. The first-order valence-electron chi connectivity index (χ1n) is 10.8. The minimum atomic E-state index is 0.165. The molecule has 0 radical (unpaired) electrons. The highest BCUT2D eigenvalue weighted by atomic mass is 16.3. The second kappa shape index (κ2) is 11.1. The number of nitrogens with one attached hydrogen (secondary N) is 2. The van der Waals surface area contributed by atoms with Gasteiger partial charge in [-0.1, -0.05) is 13.8 Å². The smallest absolute Gasteiger partial charge is 0.191 e. The van der Waals surface area contributed by atoms with Gasteiger partial charge >= 0.3 is 0 Å². The molecule has 1 saturated heterocycles. The lowest BCUT2D eigenvalue weighted by atomic mass is 10.2. The van der Waals surface area contributed by atoms with Crippen LogP contribution in [0.25, 0.3) is 0 Å². The monoisotopic (exact) mass is 401 g/mol. The van der Waals surface area contributed by atoms with Gasteiger partial charge in [-0.2, -0.15) is 0 Å². The fourth-order valence-corrected chi connectivity index (χ4v) is 4.11. The number of aliphatic imine (C=N–C) groups is 1. The van der Waals surface area contributed by atoms with Crippen LogP contribution in [0.5, 0.6) is 0 Å². The van der Waals surface area contributed by atoms with E-state index in [1.54, 1.807) is 12.5 Å². The molecule has 0 spiro atoms. The van der Waals surface area contributed by atoms with E-state index in [9.17, 15) is 0 Å². The minimum absolute atomic E-state index is 0.165. The molecule has 7 heteroatoms. The average Bonchev–Trinajstić information content (AvgIpc) is 3.52. The molecular formula is C22H35N5O2. The molecule has 0 amide bonds. The standard InChI is InChI=1S/C22H35N5O2/c1-4-26(5-2)18(20-10-8-14-28-20)16-24-22(23-3)25-17-19(21-11-9-15-29-21)27-12-6-7-13-27/h8-11,14-15,18-19H,4-7,12-13,16-17H2,1-3H3,(H2,23,24,25). The Morgan fingerprint density at radius 2 is 1.66 bits per heavy atom. The summed E-state index contributed by atoms with van der Waals surface area (Å²) >= 11 is 0. The van der Waals surface area contributed by atoms with Crippen LogP contribution in [0.1, 0.15) is 50.3 Å². The summed E-state index contributed by atoms with van der Waals surface area (Å²) in [7, 11) is 1.81. The molecular weight excluding hydrogens is 366 g/mol. The quantitative estimate of drug-likeness (QED) is 0.470. The molecule has 3 rings (SSSR count). The van der Waals surface area contributed by atoms with Crippen molar-refractivity contribution < 1.29 is 8.83 Å². The Balaban J connectivity index is 1.60. The summed E-state index contributed by atoms with van der Waals surface area (Å²) < 4.78 is 11.4. The van der Waals surface area contributed by atoms with E-state index in [0.717, 1.165) is 56.7 Å². The summed E-state index contributed by atoms with van der Waals surface area (Å²) in [5, 5.41) is 6.98. The zero-order valence-electron chi connectivity index (χ0n) is 17.9. The van der Waals surface area contributed by atoms with E-state index in [2.05, 4.69) is 45.3 Å². The van der Waals surface area contributed by atoms with Crippen LogP contribution < -0.4 is 10.6 Å². The van der Waals surface area contributed by atoms with Gasteiger partial charge in [0.1, 0.15) is 11.5 Å². The van der Waals surface area contributed by atoms with Crippen LogP contribution in [0, 0.1) is 0 Å². The predicted molar refractivity (Wildman–Crippen MR) is 116 cm³/mol. The van der Waals surface area contributed by atoms with Crippen LogP contribution in [0.4, 0.5) is 0 Å². The molecule has 0 bridgehead atoms. The number of likely N-dealkylation sites (tertiary alicyclic amines) is 1. The Morgan fingerprint density at radius 1 is 1.03 bits per heavy atom. The highest BCUT2D eigenvalue weighted by Gasteiger charge is 2.26. The number of likely N-dealkylation sites (N-methyl/N-ethyl adjacent to an activating group) is 1. The van der Waals surface area contributed by atoms with E-state index in [1.807, 2.05) is 25.2 Å². The number of guanidine groups is 1. The van der Waals surface area contributed by atoms with Crippen molar-refractivity contribution in [2.75, 3.05) is 46.3 Å². The first-order chi connectivity index (χ1) is 14.3. The summed E-state index contributed by atoms with van der Waals surface area (Å²) in [4.78, 5) is 9.30. The van der Waals surface area contributed by atoms with Crippen LogP contribution in [0.3, 0.4) is 0 Å². The summed E-state index contributed by atoms with van der Waals surface area (Å²) in [5.41, 5.74) is 0. The SMILES string of the molecule is CCN(CC)C(CNC(=NC)NCC(c1ccco1)N1CCCC1)c1ccco1. The molecule has 2 atom stereocenters. The Labute approximate surface area is 174 Å². The Bertz CT molecular complexity index is 657. The van der Waals surface area contributed by atoms with Gasteiger partial charge in [0.15, 0.2) is 5.96 Å². The van der Waals surface area contributed by atoms with Crippen molar-refractivity contribution in [2.24, 2.45) is 4.99 Å². The van der Waals surface area contributed by atoms with Gasteiger partial charge in [-0.05, 0) is 63.3 Å². The van der Waals surface area contributed by atoms with E-state index in [-0.39, 0.29) is 12.1 Å². The van der Waals surface area contributed by atoms with Gasteiger partial charge in [0.05, 0.1) is 24.6 Å². The van der Waals surface area contributed by atoms with E-state index in [4.69, 9.17) is 8.83 Å². The van der Waals surface area contributed by atoms with Crippen molar-refractivity contribution in [2.45, 2.75) is 38.8 Å². The van der Waals surface area contributed by atoms with Crippen molar-refractivity contribution in [1.29, 1.82) is 0 Å². The van der Waals surface area contributed by atoms with Crippen LogP contribution in [-0.2, 0) is 0 Å². The Kier molecular flexibility index (Phi) is 8.19. The average molecular weight is 402 g/mol. The van der Waals surface area contributed by atoms with Gasteiger partial charge < -0.3 is 19.5 Å². The topological polar surface area (TPSA) is 69.2 Å². The van der Waals surface area contributed by atoms with Gasteiger partial charge in [-0.3, -0.25) is 14.8 Å². The van der Waals surface area contributed by atoms with Crippen LogP contribution in [0.15, 0.2) is 50.6 Å². The van der Waals surface area contributed by atoms with E-state index >= 15 is 0 Å². The molecule has 2 unspecified atom stereocenters. The van der Waals surface area contributed by atoms with Gasteiger partial charge in [0.2, 0.25) is 0 Å². The summed E-state index contributed by atoms with van der Waals surface area (Å²) in [6.07, 6.45) is 5.99. The Morgan fingerprint density at radius 3 is 2.21 bits per heavy atom. The van der Waals surface area contributed by atoms with Crippen LogP contribution in [0.2, 0.25) is 0 Å². The zero-order valence-corrected chi connectivity index (χ0v) is 17.9. The van der Waals surface area contributed by atoms with E-state index in [0.29, 0.717) is 0 Å². The summed E-state index contributed by atoms with van der Waals surface area (Å²) in [6, 6.07) is 8.40. The first kappa shape index (κ1) is 21.5. The molecule has 29 heavy (non-hydrogen) atoms. The number of nitrogens with zero attached hydrogens (tertiary/aromatic N) is 3. The molecule has 2 N–H and O–H groups in total. The predicted octanol–water partition coefficient (Wildman–Crippen LogP) is 3.26. The van der Waals surface area contributed by atoms with Gasteiger partial charge in [-0.15, -0.1) is 0 Å². The van der Waals surface area contributed by atoms with E-state index in [1.165, 1.54) is 12.8 Å². The van der Waals surface area contributed by atoms with Crippen molar-refractivity contribution in [3.05, 3.63) is 48.3 Å². The molecule has 0 aromatic carbocycles. The normalized spacial score (nSPS) is 17.6. The second-order valence-electron chi connectivity index (χ2n) is 7.36. The number of rotatable bonds is 10. The van der Waals surface area contributed by atoms with Crippen LogP contribution >= 0.6 is 0 Å². The molecule has 3 heterocycles. The van der Waals surface area contributed by atoms with Gasteiger partial charge in [0, 0.05) is 20.1 Å². The van der Waals surface area contributed by atoms with Crippen LogP contribution in [-0.4, -0.2) is 62.1 Å². The lowest BCUT2D eigenvalue weighted by Gasteiger charge is -2.30. The minimum Gasteiger partial charge on any atom is -0.468 e. The number of hydrogen-bond acceptors (Lipinski definition) is 5. The lowest BCUT2D eigenvalue weighted by Crippen LogP contribution is -2.45. The maximum absolute atomic E-state index is 5.72. The highest BCUT2D eigenvalue weighted by molar-refractivity contribution is 5.79. The molecule has 2 aromatic rings. The Hall–Kier alpha value is -2.25. The van der Waals surface area contributed by atoms with Gasteiger partial charge in [-0.25, -0.2) is 0 Å². The van der Waals surface area contributed by atoms with Gasteiger partial charge in [0.25, 0.3) is 0 Å². The van der Waals surface area contributed by atoms with Crippen molar-refractivity contribution in [3.63, 3.8) is 0 Å². The maximum atomic E-state index is 5.72. The maximum Gasteiger partial charge on any atom is 0.191 e. The lowest BCUT2D eigenvalue weighted by molar-refractivity contribution is 0.192. The summed E-state index contributed by atoms with van der Waals surface area (Å²) in [5.74, 6) is 2.78. The molecule has 0 aliphatic carbocycles. The molecule has 0 saturated carbocycles. The third-order valence-electron chi connectivity index (χ3n) is 5.73. The third-order valence-corrected chi connectivity index (χ3v) is 5.73.